The van der Waals surface area contributed by atoms with E-state index in [0.29, 0.717) is 23.9 Å². The maximum atomic E-state index is 13.8. The van der Waals surface area contributed by atoms with E-state index in [0.717, 1.165) is 24.9 Å². The van der Waals surface area contributed by atoms with Crippen molar-refractivity contribution < 1.29 is 14.3 Å². The number of aliphatic carboxylic acids is 1. The second-order valence-corrected chi connectivity index (χ2v) is 5.43. The van der Waals surface area contributed by atoms with Crippen LogP contribution in [-0.4, -0.2) is 33.5 Å². The zero-order valence-electron chi connectivity index (χ0n) is 11.6. The van der Waals surface area contributed by atoms with Crippen molar-refractivity contribution in [2.24, 2.45) is 0 Å². The zero-order valence-corrected chi connectivity index (χ0v) is 11.6. The molecule has 5 heteroatoms. The Morgan fingerprint density at radius 1 is 1.38 bits per heavy atom. The summed E-state index contributed by atoms with van der Waals surface area (Å²) in [7, 11) is 0. The Morgan fingerprint density at radius 3 is 3.05 bits per heavy atom. The van der Waals surface area contributed by atoms with Gasteiger partial charge in [-0.3, -0.25) is 14.7 Å². The van der Waals surface area contributed by atoms with Gasteiger partial charge in [-0.15, -0.1) is 0 Å². The fourth-order valence-corrected chi connectivity index (χ4v) is 3.00. The molecule has 1 aliphatic rings. The van der Waals surface area contributed by atoms with Gasteiger partial charge in [0.2, 0.25) is 0 Å². The molecular weight excluding hydrogens is 271 g/mol. The summed E-state index contributed by atoms with van der Waals surface area (Å²) in [6.45, 7) is 1.24. The molecule has 1 unspecified atom stereocenters. The Kier molecular flexibility index (Phi) is 3.84. The Hall–Kier alpha value is -2.01. The molecule has 3 rings (SSSR count). The van der Waals surface area contributed by atoms with Gasteiger partial charge in [0.1, 0.15) is 11.9 Å². The molecule has 1 atom stereocenters. The number of carboxylic acids is 1. The van der Waals surface area contributed by atoms with Gasteiger partial charge < -0.3 is 5.11 Å². The number of halogens is 1. The number of carbonyl (C=O) groups is 1. The molecule has 0 spiro atoms. The minimum absolute atomic E-state index is 0.296. The predicted molar refractivity (Wildman–Crippen MR) is 77.4 cm³/mol. The lowest BCUT2D eigenvalue weighted by Gasteiger charge is -2.33. The quantitative estimate of drug-likeness (QED) is 0.943. The molecular formula is C16H17FN2O2. The molecule has 1 fully saturated rings. The van der Waals surface area contributed by atoms with Gasteiger partial charge in [0.15, 0.2) is 0 Å². The third kappa shape index (κ3) is 2.74. The number of hydrogen-bond acceptors (Lipinski definition) is 3. The number of nitrogens with zero attached hydrogens (tertiary/aromatic N) is 2. The van der Waals surface area contributed by atoms with Crippen molar-refractivity contribution in [1.29, 1.82) is 0 Å². The van der Waals surface area contributed by atoms with Crippen LogP contribution in [0.15, 0.2) is 30.5 Å². The monoisotopic (exact) mass is 288 g/mol. The van der Waals surface area contributed by atoms with E-state index in [4.69, 9.17) is 0 Å². The van der Waals surface area contributed by atoms with E-state index >= 15 is 0 Å². The number of benzene rings is 1. The predicted octanol–water partition coefficient (Wildman–Crippen LogP) is 2.81. The van der Waals surface area contributed by atoms with Crippen LogP contribution < -0.4 is 0 Å². The third-order valence-corrected chi connectivity index (χ3v) is 4.07. The summed E-state index contributed by atoms with van der Waals surface area (Å²) < 4.78 is 13.8. The van der Waals surface area contributed by atoms with Gasteiger partial charge in [0.05, 0.1) is 5.52 Å². The minimum Gasteiger partial charge on any atom is -0.480 e. The molecule has 0 aliphatic carbocycles. The largest absolute Gasteiger partial charge is 0.480 e. The first kappa shape index (κ1) is 13.9. The number of fused-ring (bicyclic) bond motifs is 1. The molecule has 1 saturated heterocycles. The van der Waals surface area contributed by atoms with Gasteiger partial charge in [-0.05, 0) is 43.1 Å². The van der Waals surface area contributed by atoms with E-state index in [1.807, 2.05) is 4.90 Å². The van der Waals surface area contributed by atoms with Crippen LogP contribution in [-0.2, 0) is 11.3 Å². The summed E-state index contributed by atoms with van der Waals surface area (Å²) in [5.74, 6) is -1.08. The molecule has 0 bridgehead atoms. The first-order valence-electron chi connectivity index (χ1n) is 7.16. The minimum atomic E-state index is -0.783. The maximum absolute atomic E-state index is 13.8. The topological polar surface area (TPSA) is 53.4 Å². The van der Waals surface area contributed by atoms with E-state index < -0.39 is 12.0 Å². The highest BCUT2D eigenvalue weighted by Crippen LogP contribution is 2.24. The smallest absolute Gasteiger partial charge is 0.320 e. The average Bonchev–Trinajstić information content (AvgIpc) is 2.51. The molecule has 110 valence electrons. The van der Waals surface area contributed by atoms with Gasteiger partial charge in [-0.25, -0.2) is 4.39 Å². The van der Waals surface area contributed by atoms with Crippen molar-refractivity contribution in [2.45, 2.75) is 31.8 Å². The zero-order chi connectivity index (χ0) is 14.8. The summed E-state index contributed by atoms with van der Waals surface area (Å²) >= 11 is 0. The van der Waals surface area contributed by atoms with Crippen LogP contribution in [0.3, 0.4) is 0 Å². The Labute approximate surface area is 122 Å². The SMILES string of the molecule is O=C(O)C1CCCCN1Cc1ccc(F)c2cccnc12. The summed E-state index contributed by atoms with van der Waals surface area (Å²) in [5, 5.41) is 9.81. The first-order chi connectivity index (χ1) is 10.2. The maximum Gasteiger partial charge on any atom is 0.320 e. The fraction of sp³-hybridized carbons (Fsp3) is 0.375. The molecule has 2 heterocycles. The van der Waals surface area contributed by atoms with Crippen molar-refractivity contribution in [2.75, 3.05) is 6.54 Å². The summed E-state index contributed by atoms with van der Waals surface area (Å²) in [5.41, 5.74) is 1.49. The van der Waals surface area contributed by atoms with Crippen molar-refractivity contribution in [3.05, 3.63) is 41.8 Å². The van der Waals surface area contributed by atoms with Crippen LogP contribution in [0.2, 0.25) is 0 Å². The van der Waals surface area contributed by atoms with E-state index in [-0.39, 0.29) is 5.82 Å². The van der Waals surface area contributed by atoms with Gasteiger partial charge in [-0.1, -0.05) is 12.5 Å². The Balaban J connectivity index is 1.94. The Bertz CT molecular complexity index is 674. The molecule has 0 amide bonds. The van der Waals surface area contributed by atoms with Gasteiger partial charge in [0, 0.05) is 18.1 Å². The molecule has 1 aromatic heterocycles. The van der Waals surface area contributed by atoms with Crippen LogP contribution in [0, 0.1) is 5.82 Å². The number of carboxylic acid groups (broad SMARTS) is 1. The van der Waals surface area contributed by atoms with Gasteiger partial charge in [0.25, 0.3) is 0 Å². The molecule has 2 aromatic rings. The van der Waals surface area contributed by atoms with Crippen molar-refractivity contribution in [3.8, 4) is 0 Å². The van der Waals surface area contributed by atoms with Crippen molar-refractivity contribution in [1.82, 2.24) is 9.88 Å². The third-order valence-electron chi connectivity index (χ3n) is 4.07. The Morgan fingerprint density at radius 2 is 2.24 bits per heavy atom. The lowest BCUT2D eigenvalue weighted by molar-refractivity contribution is -0.144. The fourth-order valence-electron chi connectivity index (χ4n) is 3.00. The van der Waals surface area contributed by atoms with Crippen LogP contribution in [0.1, 0.15) is 24.8 Å². The van der Waals surface area contributed by atoms with Gasteiger partial charge >= 0.3 is 5.97 Å². The molecule has 1 aromatic carbocycles. The first-order valence-corrected chi connectivity index (χ1v) is 7.16. The highest BCUT2D eigenvalue weighted by molar-refractivity contribution is 5.82. The summed E-state index contributed by atoms with van der Waals surface area (Å²) in [6, 6.07) is 6.09. The molecule has 21 heavy (non-hydrogen) atoms. The van der Waals surface area contributed by atoms with Crippen LogP contribution in [0.5, 0.6) is 0 Å². The number of rotatable bonds is 3. The highest BCUT2D eigenvalue weighted by atomic mass is 19.1. The standard InChI is InChI=1S/C16H17FN2O2/c17-13-7-6-11(15-12(13)4-3-8-18-15)10-19-9-2-1-5-14(19)16(20)21/h3-4,6-8,14H,1-2,5,9-10H2,(H,20,21). The molecule has 4 nitrogen and oxygen atoms in total. The normalized spacial score (nSPS) is 19.8. The number of aromatic nitrogens is 1. The van der Waals surface area contributed by atoms with E-state index in [9.17, 15) is 14.3 Å². The van der Waals surface area contributed by atoms with E-state index in [2.05, 4.69) is 4.98 Å². The molecule has 0 radical (unpaired) electrons. The van der Waals surface area contributed by atoms with Crippen LogP contribution in [0.25, 0.3) is 10.9 Å². The lowest BCUT2D eigenvalue weighted by atomic mass is 10.0. The number of likely N-dealkylation sites (tertiary alicyclic amines) is 1. The second-order valence-electron chi connectivity index (χ2n) is 5.43. The summed E-state index contributed by atoms with van der Waals surface area (Å²) in [6.07, 6.45) is 4.24. The molecule has 1 aliphatic heterocycles. The molecule has 0 saturated carbocycles. The van der Waals surface area contributed by atoms with Crippen LogP contribution >= 0.6 is 0 Å². The lowest BCUT2D eigenvalue weighted by Crippen LogP contribution is -2.44. The highest BCUT2D eigenvalue weighted by Gasteiger charge is 2.28. The number of pyridine rings is 1. The number of hydrogen-bond donors (Lipinski definition) is 1. The van der Waals surface area contributed by atoms with Gasteiger partial charge in [-0.2, -0.15) is 0 Å². The van der Waals surface area contributed by atoms with Crippen molar-refractivity contribution >= 4 is 16.9 Å². The molecule has 1 N–H and O–H groups in total. The van der Waals surface area contributed by atoms with E-state index in [1.54, 1.807) is 24.4 Å². The summed E-state index contributed by atoms with van der Waals surface area (Å²) in [4.78, 5) is 17.6. The average molecular weight is 288 g/mol. The van der Waals surface area contributed by atoms with Crippen molar-refractivity contribution in [3.63, 3.8) is 0 Å². The number of piperidine rings is 1. The second kappa shape index (κ2) is 5.77. The van der Waals surface area contributed by atoms with Crippen LogP contribution in [0.4, 0.5) is 4.39 Å². The van der Waals surface area contributed by atoms with E-state index in [1.165, 1.54) is 6.07 Å².